The first kappa shape index (κ1) is 29.0. The van der Waals surface area contributed by atoms with E-state index in [1.807, 2.05) is 0 Å². The number of carbonyl (C=O) groups excluding carboxylic acids is 1. The molecule has 2 rings (SSSR count). The van der Waals surface area contributed by atoms with Gasteiger partial charge < -0.3 is 14.0 Å². The van der Waals surface area contributed by atoms with Gasteiger partial charge in [-0.2, -0.15) is 0 Å². The number of aldehydes is 1. The summed E-state index contributed by atoms with van der Waals surface area (Å²) < 4.78 is 13.6. The third-order valence-electron chi connectivity index (χ3n) is 9.90. The molecule has 6 heteroatoms. The summed E-state index contributed by atoms with van der Waals surface area (Å²) in [5, 5.41) is 12.2. The van der Waals surface area contributed by atoms with Crippen LogP contribution in [0.5, 0.6) is 0 Å². The normalized spacial score (nSPS) is 33.3. The van der Waals surface area contributed by atoms with Gasteiger partial charge in [-0.15, -0.1) is 0 Å². The van der Waals surface area contributed by atoms with Crippen LogP contribution < -0.4 is 0 Å². The molecule has 1 saturated carbocycles. The number of hydrogen-bond acceptors (Lipinski definition) is 4. The molecule has 4 atom stereocenters. The molecule has 0 saturated heterocycles. The molecule has 33 heavy (non-hydrogen) atoms. The van der Waals surface area contributed by atoms with Gasteiger partial charge in [0.1, 0.15) is 5.60 Å². The summed E-state index contributed by atoms with van der Waals surface area (Å²) in [6.45, 7) is 29.4. The molecule has 0 unspecified atom stereocenters. The Morgan fingerprint density at radius 1 is 1.00 bits per heavy atom. The minimum absolute atomic E-state index is 0.0423. The second-order valence-corrected chi connectivity index (χ2v) is 24.3. The highest BCUT2D eigenvalue weighted by Crippen LogP contribution is 2.62. The molecule has 0 aliphatic heterocycles. The number of hydrogen-bond donors (Lipinski definition) is 1. The van der Waals surface area contributed by atoms with E-state index < -0.39 is 27.7 Å². The fourth-order valence-electron chi connectivity index (χ4n) is 5.57. The Kier molecular flexibility index (Phi) is 7.62. The Hall–Kier alpha value is -0.276. The SMILES string of the molecule is CC1(C)CCC[C@@]2(C)[C@H]1[C@H](O[Si](C)(C)C(C)(C)C)C=C(CO[Si](C)(C)C(C)(C)C)[C@]2(O)C=O. The smallest absolute Gasteiger partial charge is 0.192 e. The zero-order valence-corrected chi connectivity index (χ0v) is 25.8. The van der Waals surface area contributed by atoms with Gasteiger partial charge in [0.15, 0.2) is 22.9 Å². The van der Waals surface area contributed by atoms with Crippen LogP contribution in [0.25, 0.3) is 0 Å². The molecule has 0 radical (unpaired) electrons. The van der Waals surface area contributed by atoms with Crippen LogP contribution >= 0.6 is 0 Å². The van der Waals surface area contributed by atoms with Gasteiger partial charge in [-0.05, 0) is 60.1 Å². The van der Waals surface area contributed by atoms with Gasteiger partial charge in [0.2, 0.25) is 0 Å². The monoisotopic (exact) mass is 496 g/mol. The van der Waals surface area contributed by atoms with Crippen LogP contribution in [0.1, 0.15) is 81.6 Å². The van der Waals surface area contributed by atoms with Crippen molar-refractivity contribution in [3.05, 3.63) is 11.6 Å². The summed E-state index contributed by atoms with van der Waals surface area (Å²) in [4.78, 5) is 12.7. The van der Waals surface area contributed by atoms with E-state index in [1.54, 1.807) is 0 Å². The topological polar surface area (TPSA) is 55.8 Å². The molecule has 0 amide bonds. The van der Waals surface area contributed by atoms with E-state index in [9.17, 15) is 9.90 Å². The van der Waals surface area contributed by atoms with Crippen molar-refractivity contribution in [1.82, 2.24) is 0 Å². The van der Waals surface area contributed by atoms with Crippen LogP contribution in [0, 0.1) is 16.7 Å². The third kappa shape index (κ3) is 5.02. The lowest BCUT2D eigenvalue weighted by Gasteiger charge is -2.62. The predicted octanol–water partition coefficient (Wildman–Crippen LogP) is 7.10. The molecule has 192 valence electrons. The molecule has 0 aromatic heterocycles. The van der Waals surface area contributed by atoms with E-state index >= 15 is 0 Å². The Bertz CT molecular complexity index is 772. The molecule has 0 heterocycles. The summed E-state index contributed by atoms with van der Waals surface area (Å²) in [7, 11) is -4.15. The van der Waals surface area contributed by atoms with Gasteiger partial charge in [-0.25, -0.2) is 0 Å². The van der Waals surface area contributed by atoms with Gasteiger partial charge in [0.25, 0.3) is 0 Å². The molecule has 4 nitrogen and oxygen atoms in total. The zero-order valence-electron chi connectivity index (χ0n) is 23.8. The van der Waals surface area contributed by atoms with E-state index in [0.29, 0.717) is 5.57 Å². The minimum atomic E-state index is -2.09. The van der Waals surface area contributed by atoms with Gasteiger partial charge in [-0.3, -0.25) is 4.79 Å². The van der Waals surface area contributed by atoms with Crippen molar-refractivity contribution >= 4 is 22.9 Å². The molecule has 1 fully saturated rings. The van der Waals surface area contributed by atoms with Crippen molar-refractivity contribution in [1.29, 1.82) is 0 Å². The Morgan fingerprint density at radius 3 is 1.97 bits per heavy atom. The van der Waals surface area contributed by atoms with Crippen molar-refractivity contribution in [3.63, 3.8) is 0 Å². The number of carbonyl (C=O) groups is 1. The Labute approximate surface area is 206 Å². The van der Waals surface area contributed by atoms with Crippen LogP contribution in [-0.4, -0.2) is 46.3 Å². The van der Waals surface area contributed by atoms with E-state index in [4.69, 9.17) is 8.85 Å². The fraction of sp³-hybridized carbons (Fsp3) is 0.889. The molecule has 0 aromatic rings. The Balaban J connectivity index is 2.64. The van der Waals surface area contributed by atoms with Crippen LogP contribution in [0.15, 0.2) is 11.6 Å². The Morgan fingerprint density at radius 2 is 1.52 bits per heavy atom. The maximum atomic E-state index is 12.7. The number of fused-ring (bicyclic) bond motifs is 1. The summed E-state index contributed by atoms with van der Waals surface area (Å²) in [5.74, 6) is 0.0553. The average Bonchev–Trinajstić information content (AvgIpc) is 2.60. The van der Waals surface area contributed by atoms with Crippen molar-refractivity contribution < 1.29 is 18.8 Å². The second-order valence-electron chi connectivity index (χ2n) is 14.7. The van der Waals surface area contributed by atoms with Crippen molar-refractivity contribution in [3.8, 4) is 0 Å². The molecule has 2 aliphatic carbocycles. The van der Waals surface area contributed by atoms with E-state index in [0.717, 1.165) is 25.5 Å². The highest BCUT2D eigenvalue weighted by Gasteiger charge is 2.64. The summed E-state index contributed by atoms with van der Waals surface area (Å²) in [6.07, 6.45) is 5.63. The highest BCUT2D eigenvalue weighted by atomic mass is 28.4. The van der Waals surface area contributed by atoms with E-state index in [2.05, 4.69) is 94.6 Å². The lowest BCUT2D eigenvalue weighted by atomic mass is 9.46. The molecular formula is C27H52O4Si2. The largest absolute Gasteiger partial charge is 0.413 e. The van der Waals surface area contributed by atoms with Crippen LogP contribution in [0.2, 0.25) is 36.3 Å². The zero-order chi connectivity index (χ0) is 25.9. The van der Waals surface area contributed by atoms with Crippen molar-refractivity contribution in [2.24, 2.45) is 16.7 Å². The quantitative estimate of drug-likeness (QED) is 0.242. The van der Waals surface area contributed by atoms with Gasteiger partial charge >= 0.3 is 0 Å². The molecule has 0 bridgehead atoms. The molecule has 0 spiro atoms. The van der Waals surface area contributed by atoms with E-state index in [1.165, 1.54) is 0 Å². The lowest BCUT2D eigenvalue weighted by molar-refractivity contribution is -0.173. The van der Waals surface area contributed by atoms with Gasteiger partial charge in [0.05, 0.1) is 12.7 Å². The maximum absolute atomic E-state index is 12.7. The third-order valence-corrected chi connectivity index (χ3v) is 18.9. The summed E-state index contributed by atoms with van der Waals surface area (Å²) >= 11 is 0. The highest BCUT2D eigenvalue weighted by molar-refractivity contribution is 6.74. The summed E-state index contributed by atoms with van der Waals surface area (Å²) in [5.41, 5.74) is -1.48. The number of aliphatic hydroxyl groups is 1. The first-order valence-electron chi connectivity index (χ1n) is 12.8. The second kappa shape index (κ2) is 8.68. The average molecular weight is 497 g/mol. The lowest BCUT2D eigenvalue weighted by Crippen LogP contribution is -2.66. The molecule has 1 N–H and O–H groups in total. The minimum Gasteiger partial charge on any atom is -0.413 e. The molecule has 0 aromatic carbocycles. The molecular weight excluding hydrogens is 444 g/mol. The summed E-state index contributed by atoms with van der Waals surface area (Å²) in [6, 6.07) is 0. The van der Waals surface area contributed by atoms with Gasteiger partial charge in [-0.1, -0.05) is 74.8 Å². The van der Waals surface area contributed by atoms with Crippen molar-refractivity contribution in [2.45, 2.75) is 130 Å². The number of rotatable bonds is 6. The fourth-order valence-corrected chi connectivity index (χ4v) is 7.76. The predicted molar refractivity (Wildman–Crippen MR) is 144 cm³/mol. The van der Waals surface area contributed by atoms with Crippen molar-refractivity contribution in [2.75, 3.05) is 6.61 Å². The first-order valence-corrected chi connectivity index (χ1v) is 18.6. The van der Waals surface area contributed by atoms with Gasteiger partial charge in [0, 0.05) is 11.3 Å². The van der Waals surface area contributed by atoms with Crippen LogP contribution in [-0.2, 0) is 13.6 Å². The standard InChI is InChI=1S/C27H52O4Si2/c1-23(2,3)32(10,11)30-18-20-17-21(31-33(12,13)24(4,5)6)22-25(7,8)15-14-16-26(22,9)27(20,29)19-28/h17,19,21-22,29H,14-16,18H2,1-13H3/t21-,22+,26+,27-/m1/s1. The first-order chi connectivity index (χ1) is 14.6. The van der Waals surface area contributed by atoms with Crippen LogP contribution in [0.3, 0.4) is 0 Å². The maximum Gasteiger partial charge on any atom is 0.192 e. The van der Waals surface area contributed by atoms with Crippen LogP contribution in [0.4, 0.5) is 0 Å². The van der Waals surface area contributed by atoms with E-state index in [-0.39, 0.29) is 34.1 Å². The molecule has 2 aliphatic rings.